The van der Waals surface area contributed by atoms with Gasteiger partial charge >= 0.3 is 0 Å². The average Bonchev–Trinajstić information content (AvgIpc) is 2.61. The van der Waals surface area contributed by atoms with Crippen molar-refractivity contribution in [3.63, 3.8) is 0 Å². The van der Waals surface area contributed by atoms with E-state index >= 15 is 0 Å². The van der Waals surface area contributed by atoms with Crippen molar-refractivity contribution < 1.29 is 9.84 Å². The molecule has 0 spiro atoms. The minimum Gasteiger partial charge on any atom is -0.493 e. The molecule has 1 unspecified atom stereocenters. The summed E-state index contributed by atoms with van der Waals surface area (Å²) in [4.78, 5) is 6.85. The zero-order chi connectivity index (χ0) is 16.8. The predicted molar refractivity (Wildman–Crippen MR) is 111 cm³/mol. The third-order valence-corrected chi connectivity index (χ3v) is 4.75. The first-order valence-corrected chi connectivity index (χ1v) is 8.91. The predicted octanol–water partition coefficient (Wildman–Crippen LogP) is 1.88. The number of benzene rings is 1. The number of hydrogen-bond acceptors (Lipinski definition) is 4. The van der Waals surface area contributed by atoms with Crippen molar-refractivity contribution in [3.05, 3.63) is 29.8 Å². The van der Waals surface area contributed by atoms with E-state index in [1.54, 1.807) is 0 Å². The van der Waals surface area contributed by atoms with E-state index in [-0.39, 0.29) is 36.1 Å². The Morgan fingerprint density at radius 3 is 2.84 bits per heavy atom. The zero-order valence-electron chi connectivity index (χ0n) is 14.6. The van der Waals surface area contributed by atoms with Crippen molar-refractivity contribution in [2.45, 2.75) is 37.8 Å². The Kier molecular flexibility index (Phi) is 8.25. The lowest BCUT2D eigenvalue weighted by molar-refractivity contribution is 0.0824. The fourth-order valence-corrected chi connectivity index (χ4v) is 3.35. The quantitative estimate of drug-likeness (QED) is 0.271. The summed E-state index contributed by atoms with van der Waals surface area (Å²) in [5, 5.41) is 12.8. The third kappa shape index (κ3) is 6.00. The van der Waals surface area contributed by atoms with Gasteiger partial charge in [0.25, 0.3) is 0 Å². The molecule has 3 rings (SSSR count). The summed E-state index contributed by atoms with van der Waals surface area (Å²) in [7, 11) is 0. The van der Waals surface area contributed by atoms with Crippen LogP contribution in [0.3, 0.4) is 0 Å². The maximum atomic E-state index is 9.51. The van der Waals surface area contributed by atoms with E-state index in [0.29, 0.717) is 12.6 Å². The first kappa shape index (κ1) is 20.3. The van der Waals surface area contributed by atoms with Gasteiger partial charge in [-0.25, -0.2) is 0 Å². The van der Waals surface area contributed by atoms with Crippen LogP contribution in [-0.2, 0) is 0 Å². The van der Waals surface area contributed by atoms with Crippen molar-refractivity contribution in [2.24, 2.45) is 10.7 Å². The number of aliphatic hydroxyl groups excluding tert-OH is 1. The molecule has 0 saturated carbocycles. The van der Waals surface area contributed by atoms with Crippen molar-refractivity contribution in [2.75, 3.05) is 32.8 Å². The minimum atomic E-state index is -0.110. The molecule has 1 aromatic carbocycles. The van der Waals surface area contributed by atoms with Crippen LogP contribution in [0.1, 0.15) is 37.3 Å². The first-order valence-electron chi connectivity index (χ1n) is 8.91. The maximum absolute atomic E-state index is 9.51. The van der Waals surface area contributed by atoms with Gasteiger partial charge in [-0.15, -0.1) is 24.0 Å². The summed E-state index contributed by atoms with van der Waals surface area (Å²) >= 11 is 0. The monoisotopic (exact) mass is 460 g/mol. The van der Waals surface area contributed by atoms with Crippen LogP contribution in [0.5, 0.6) is 5.75 Å². The van der Waals surface area contributed by atoms with E-state index in [1.807, 2.05) is 18.2 Å². The molecule has 0 amide bonds. The summed E-state index contributed by atoms with van der Waals surface area (Å²) in [6.07, 6.45) is 3.54. The van der Waals surface area contributed by atoms with Gasteiger partial charge in [-0.1, -0.05) is 18.2 Å². The van der Waals surface area contributed by atoms with Crippen LogP contribution in [0.2, 0.25) is 0 Å². The molecule has 140 valence electrons. The van der Waals surface area contributed by atoms with E-state index < -0.39 is 0 Å². The Morgan fingerprint density at radius 1 is 1.28 bits per heavy atom. The molecule has 2 aliphatic heterocycles. The normalized spacial score (nSPS) is 21.8. The fraction of sp³-hybridized carbons (Fsp3) is 0.611. The van der Waals surface area contributed by atoms with Gasteiger partial charge < -0.3 is 25.8 Å². The Labute approximate surface area is 166 Å². The number of nitrogens with one attached hydrogen (secondary N) is 1. The fourth-order valence-electron chi connectivity index (χ4n) is 3.35. The molecule has 4 N–H and O–H groups in total. The van der Waals surface area contributed by atoms with Crippen LogP contribution in [0.15, 0.2) is 29.3 Å². The van der Waals surface area contributed by atoms with Gasteiger partial charge in [0.05, 0.1) is 18.8 Å². The van der Waals surface area contributed by atoms with Crippen LogP contribution in [-0.4, -0.2) is 54.9 Å². The Balaban J connectivity index is 0.00000225. The number of hydrogen-bond donors (Lipinski definition) is 3. The highest BCUT2D eigenvalue weighted by atomic mass is 127. The number of piperidine rings is 1. The number of aliphatic hydroxyl groups is 1. The number of aliphatic imine (C=N–C) groups is 1. The van der Waals surface area contributed by atoms with Crippen molar-refractivity contribution >= 4 is 29.9 Å². The molecular weight excluding hydrogens is 431 g/mol. The molecule has 6 nitrogen and oxygen atoms in total. The molecule has 1 saturated heterocycles. The first-order chi connectivity index (χ1) is 11.7. The second kappa shape index (κ2) is 10.2. The Hall–Kier alpha value is -1.06. The number of para-hydroxylation sites is 1. The number of likely N-dealkylation sites (tertiary alicyclic amines) is 1. The van der Waals surface area contributed by atoms with Gasteiger partial charge in [0.1, 0.15) is 5.75 Å². The van der Waals surface area contributed by atoms with Crippen LogP contribution < -0.4 is 15.8 Å². The Bertz CT molecular complexity index is 562. The summed E-state index contributed by atoms with van der Waals surface area (Å²) in [6.45, 7) is 4.41. The number of nitrogens with two attached hydrogens (primary N) is 1. The van der Waals surface area contributed by atoms with Crippen LogP contribution in [0, 0.1) is 0 Å². The van der Waals surface area contributed by atoms with Gasteiger partial charge in [0.2, 0.25) is 0 Å². The molecule has 1 fully saturated rings. The number of rotatable bonds is 5. The second-order valence-corrected chi connectivity index (χ2v) is 6.57. The molecule has 2 heterocycles. The lowest BCUT2D eigenvalue weighted by Crippen LogP contribution is -2.38. The molecule has 0 bridgehead atoms. The highest BCUT2D eigenvalue weighted by Gasteiger charge is 2.21. The van der Waals surface area contributed by atoms with Gasteiger partial charge in [-0.3, -0.25) is 4.99 Å². The molecule has 1 atom stereocenters. The largest absolute Gasteiger partial charge is 0.493 e. The number of ether oxygens (including phenoxy) is 1. The number of halogens is 1. The summed E-state index contributed by atoms with van der Waals surface area (Å²) in [6, 6.07) is 8.24. The number of nitrogens with zero attached hydrogens (tertiary/aromatic N) is 2. The van der Waals surface area contributed by atoms with Crippen molar-refractivity contribution in [3.8, 4) is 5.75 Å². The Morgan fingerprint density at radius 2 is 2.04 bits per heavy atom. The van der Waals surface area contributed by atoms with Gasteiger partial charge in [-0.2, -0.15) is 0 Å². The summed E-state index contributed by atoms with van der Waals surface area (Å²) in [5.74, 6) is 1.44. The number of guanidine groups is 1. The molecule has 2 aliphatic rings. The van der Waals surface area contributed by atoms with Crippen LogP contribution in [0.25, 0.3) is 0 Å². The van der Waals surface area contributed by atoms with E-state index in [2.05, 4.69) is 21.3 Å². The average molecular weight is 460 g/mol. The highest BCUT2D eigenvalue weighted by Crippen LogP contribution is 2.31. The summed E-state index contributed by atoms with van der Waals surface area (Å²) < 4.78 is 5.66. The lowest BCUT2D eigenvalue weighted by atomic mass is 10.0. The molecule has 0 aromatic heterocycles. The van der Waals surface area contributed by atoms with Crippen LogP contribution >= 0.6 is 24.0 Å². The van der Waals surface area contributed by atoms with Crippen molar-refractivity contribution in [1.82, 2.24) is 10.2 Å². The zero-order valence-corrected chi connectivity index (χ0v) is 16.9. The summed E-state index contributed by atoms with van der Waals surface area (Å²) in [5.41, 5.74) is 7.20. The maximum Gasteiger partial charge on any atom is 0.189 e. The van der Waals surface area contributed by atoms with E-state index in [9.17, 15) is 5.11 Å². The van der Waals surface area contributed by atoms with Crippen molar-refractivity contribution in [1.29, 1.82) is 0 Å². The van der Waals surface area contributed by atoms with Gasteiger partial charge in [0, 0.05) is 31.6 Å². The van der Waals surface area contributed by atoms with Crippen LogP contribution in [0.4, 0.5) is 0 Å². The highest BCUT2D eigenvalue weighted by molar-refractivity contribution is 14.0. The molecular formula is C18H29IN4O2. The minimum absolute atomic E-state index is 0. The standard InChI is InChI=1S/C18H28N4O2.HI/c19-18(20-9-3-10-22-11-6-14(23)7-12-22)21-16-8-13-24-17-5-2-1-4-15(16)17;/h1-2,4-5,14,16,23H,3,6-13H2,(H3,19,20,21);1H. The third-order valence-electron chi connectivity index (χ3n) is 4.75. The SMILES string of the molecule is I.NC(=NCCCN1CCC(O)CC1)NC1CCOc2ccccc21. The van der Waals surface area contributed by atoms with Gasteiger partial charge in [0.15, 0.2) is 5.96 Å². The van der Waals surface area contributed by atoms with E-state index in [4.69, 9.17) is 10.5 Å². The lowest BCUT2D eigenvalue weighted by Gasteiger charge is -2.29. The topological polar surface area (TPSA) is 83.1 Å². The second-order valence-electron chi connectivity index (χ2n) is 6.57. The number of fused-ring (bicyclic) bond motifs is 1. The molecule has 7 heteroatoms. The smallest absolute Gasteiger partial charge is 0.189 e. The molecule has 0 radical (unpaired) electrons. The van der Waals surface area contributed by atoms with E-state index in [1.165, 1.54) is 0 Å². The molecule has 25 heavy (non-hydrogen) atoms. The molecule has 1 aromatic rings. The molecule has 0 aliphatic carbocycles. The van der Waals surface area contributed by atoms with Gasteiger partial charge in [-0.05, 0) is 31.9 Å². The van der Waals surface area contributed by atoms with E-state index in [0.717, 1.165) is 63.2 Å².